The number of ether oxygens (including phenoxy) is 2. The number of nitrogens with one attached hydrogen (secondary N) is 1. The number of carbonyl (C=O) groups is 2. The number of halogens is 3. The van der Waals surface area contributed by atoms with Crippen LogP contribution in [0.15, 0.2) is 18.2 Å². The highest BCUT2D eigenvalue weighted by molar-refractivity contribution is 5.98. The lowest BCUT2D eigenvalue weighted by atomic mass is 9.87. The smallest absolute Gasteiger partial charge is 0.491 e. The molecule has 126 valence electrons. The summed E-state index contributed by atoms with van der Waals surface area (Å²) in [5.74, 6) is -3.43. The molecular formula is C14H15F3N2O4. The van der Waals surface area contributed by atoms with Crippen LogP contribution >= 0.6 is 0 Å². The van der Waals surface area contributed by atoms with Crippen LogP contribution in [0.25, 0.3) is 0 Å². The van der Waals surface area contributed by atoms with Crippen LogP contribution < -0.4 is 20.5 Å². The van der Waals surface area contributed by atoms with E-state index in [1.165, 1.54) is 19.2 Å². The van der Waals surface area contributed by atoms with Gasteiger partial charge in [-0.05, 0) is 25.0 Å². The fourth-order valence-corrected chi connectivity index (χ4v) is 2.10. The van der Waals surface area contributed by atoms with E-state index in [0.29, 0.717) is 12.8 Å². The highest BCUT2D eigenvalue weighted by Gasteiger charge is 2.42. The Balaban J connectivity index is 2.20. The second-order valence-corrected chi connectivity index (χ2v) is 5.15. The van der Waals surface area contributed by atoms with Gasteiger partial charge in [-0.3, -0.25) is 4.79 Å². The van der Waals surface area contributed by atoms with E-state index in [1.807, 2.05) is 0 Å². The van der Waals surface area contributed by atoms with E-state index >= 15 is 0 Å². The van der Waals surface area contributed by atoms with Crippen molar-refractivity contribution in [3.63, 3.8) is 0 Å². The summed E-state index contributed by atoms with van der Waals surface area (Å²) in [7, 11) is 1.29. The molecule has 0 unspecified atom stereocenters. The predicted molar refractivity (Wildman–Crippen MR) is 73.1 cm³/mol. The average molecular weight is 332 g/mol. The summed E-state index contributed by atoms with van der Waals surface area (Å²) in [5, 5.41) is 2.62. The van der Waals surface area contributed by atoms with Crippen LogP contribution in [0.1, 0.15) is 23.2 Å². The molecule has 0 aliphatic heterocycles. The van der Waals surface area contributed by atoms with Crippen LogP contribution in [0.5, 0.6) is 11.5 Å². The van der Waals surface area contributed by atoms with Crippen molar-refractivity contribution in [2.45, 2.75) is 31.1 Å². The first-order valence-electron chi connectivity index (χ1n) is 6.74. The van der Waals surface area contributed by atoms with Crippen molar-refractivity contribution in [1.29, 1.82) is 0 Å². The number of rotatable bonds is 4. The monoisotopic (exact) mass is 332 g/mol. The van der Waals surface area contributed by atoms with Crippen LogP contribution in [0.4, 0.5) is 13.2 Å². The van der Waals surface area contributed by atoms with Gasteiger partial charge >= 0.3 is 12.1 Å². The minimum absolute atomic E-state index is 0.00121. The molecule has 0 heterocycles. The van der Waals surface area contributed by atoms with Crippen molar-refractivity contribution in [3.05, 3.63) is 23.8 Å². The number of hydrogen-bond donors (Lipinski definition) is 2. The lowest BCUT2D eigenvalue weighted by Gasteiger charge is -2.33. The highest BCUT2D eigenvalue weighted by atomic mass is 19.4. The molecule has 1 amide bonds. The zero-order valence-electron chi connectivity index (χ0n) is 12.1. The number of esters is 1. The Morgan fingerprint density at radius 3 is 2.48 bits per heavy atom. The van der Waals surface area contributed by atoms with Crippen molar-refractivity contribution in [2.24, 2.45) is 5.73 Å². The van der Waals surface area contributed by atoms with E-state index in [4.69, 9.17) is 10.5 Å². The minimum Gasteiger partial charge on any atom is -0.497 e. The molecule has 1 aliphatic carbocycles. The minimum atomic E-state index is -5.17. The Kier molecular flexibility index (Phi) is 4.79. The Hall–Kier alpha value is -2.29. The number of benzene rings is 1. The predicted octanol–water partition coefficient (Wildman–Crippen LogP) is 1.38. The Bertz CT molecular complexity index is 613. The summed E-state index contributed by atoms with van der Waals surface area (Å²) >= 11 is 0. The van der Waals surface area contributed by atoms with Gasteiger partial charge in [-0.2, -0.15) is 13.2 Å². The van der Waals surface area contributed by atoms with Crippen LogP contribution in [0.2, 0.25) is 0 Å². The van der Waals surface area contributed by atoms with Crippen LogP contribution in [0.3, 0.4) is 0 Å². The maximum atomic E-state index is 12.3. The number of methoxy groups -OCH3 is 1. The Morgan fingerprint density at radius 2 is 1.96 bits per heavy atom. The molecule has 0 radical (unpaired) electrons. The van der Waals surface area contributed by atoms with Gasteiger partial charge in [-0.1, -0.05) is 0 Å². The molecule has 0 saturated heterocycles. The van der Waals surface area contributed by atoms with Gasteiger partial charge in [-0.25, -0.2) is 4.79 Å². The molecule has 1 saturated carbocycles. The van der Waals surface area contributed by atoms with Crippen LogP contribution in [-0.2, 0) is 4.79 Å². The summed E-state index contributed by atoms with van der Waals surface area (Å²) in [6.45, 7) is 0. The van der Waals surface area contributed by atoms with E-state index in [0.717, 1.165) is 6.07 Å². The van der Waals surface area contributed by atoms with Crippen LogP contribution in [0, 0.1) is 0 Å². The number of amides is 1. The first-order valence-corrected chi connectivity index (χ1v) is 6.74. The molecule has 0 bridgehead atoms. The van der Waals surface area contributed by atoms with E-state index in [1.54, 1.807) is 0 Å². The summed E-state index contributed by atoms with van der Waals surface area (Å²) in [4.78, 5) is 23.1. The van der Waals surface area contributed by atoms with Gasteiger partial charge in [0.05, 0.1) is 12.7 Å². The van der Waals surface area contributed by atoms with Crippen molar-refractivity contribution in [2.75, 3.05) is 7.11 Å². The molecule has 0 aromatic heterocycles. The third-order valence-electron chi connectivity index (χ3n) is 3.38. The fraction of sp³-hybridized carbons (Fsp3) is 0.429. The SMILES string of the molecule is COc1ccc(C(=O)NC2CC(N)C2)c(OC(=O)C(F)(F)F)c1. The molecule has 6 nitrogen and oxygen atoms in total. The zero-order chi connectivity index (χ0) is 17.2. The largest absolute Gasteiger partial charge is 0.497 e. The maximum absolute atomic E-state index is 12.3. The zero-order valence-corrected chi connectivity index (χ0v) is 12.1. The second kappa shape index (κ2) is 6.45. The molecular weight excluding hydrogens is 317 g/mol. The molecule has 1 aromatic rings. The summed E-state index contributed by atoms with van der Waals surface area (Å²) in [5.41, 5.74) is 5.41. The molecule has 0 spiro atoms. The first-order chi connectivity index (χ1) is 10.7. The number of alkyl halides is 3. The standard InChI is InChI=1S/C14H15F3N2O4/c1-22-9-2-3-10(12(20)19-8-4-7(18)5-8)11(6-9)23-13(21)14(15,16)17/h2-3,6-8H,4-5,18H2,1H3,(H,19,20). The van der Waals surface area contributed by atoms with Gasteiger partial charge in [0.1, 0.15) is 11.5 Å². The number of hydrogen-bond acceptors (Lipinski definition) is 5. The van der Waals surface area contributed by atoms with Crippen molar-refractivity contribution < 1.29 is 32.2 Å². The van der Waals surface area contributed by atoms with Crippen molar-refractivity contribution in [3.8, 4) is 11.5 Å². The molecule has 1 aliphatic rings. The van der Waals surface area contributed by atoms with E-state index in [-0.39, 0.29) is 23.4 Å². The molecule has 0 atom stereocenters. The van der Waals surface area contributed by atoms with Gasteiger partial charge in [0.15, 0.2) is 0 Å². The Morgan fingerprint density at radius 1 is 1.30 bits per heavy atom. The normalized spacial score (nSPS) is 20.4. The van der Waals surface area contributed by atoms with Crippen molar-refractivity contribution >= 4 is 11.9 Å². The Labute approximate surface area is 129 Å². The fourth-order valence-electron chi connectivity index (χ4n) is 2.10. The maximum Gasteiger partial charge on any atom is 0.491 e. The summed E-state index contributed by atoms with van der Waals surface area (Å²) in [6, 6.07) is 3.51. The van der Waals surface area contributed by atoms with Crippen molar-refractivity contribution in [1.82, 2.24) is 5.32 Å². The molecule has 23 heavy (non-hydrogen) atoms. The third kappa shape index (κ3) is 4.13. The lowest BCUT2D eigenvalue weighted by Crippen LogP contribution is -2.50. The van der Waals surface area contributed by atoms with Gasteiger partial charge < -0.3 is 20.5 Å². The topological polar surface area (TPSA) is 90.7 Å². The molecule has 1 fully saturated rings. The van der Waals surface area contributed by atoms with Gasteiger partial charge in [0, 0.05) is 18.2 Å². The molecule has 9 heteroatoms. The first kappa shape index (κ1) is 17.1. The van der Waals surface area contributed by atoms with Gasteiger partial charge in [0.2, 0.25) is 0 Å². The van der Waals surface area contributed by atoms with E-state index in [9.17, 15) is 22.8 Å². The molecule has 1 aromatic carbocycles. The quantitative estimate of drug-likeness (QED) is 0.642. The van der Waals surface area contributed by atoms with E-state index in [2.05, 4.69) is 10.1 Å². The second-order valence-electron chi connectivity index (χ2n) is 5.15. The molecule has 2 rings (SSSR count). The lowest BCUT2D eigenvalue weighted by molar-refractivity contribution is -0.189. The van der Waals surface area contributed by atoms with Gasteiger partial charge in [-0.15, -0.1) is 0 Å². The number of nitrogens with two attached hydrogens (primary N) is 1. The highest BCUT2D eigenvalue weighted by Crippen LogP contribution is 2.28. The summed E-state index contributed by atoms with van der Waals surface area (Å²) in [6.07, 6.45) is -4.00. The molecule has 3 N–H and O–H groups in total. The summed E-state index contributed by atoms with van der Waals surface area (Å²) < 4.78 is 46.2. The number of carbonyl (C=O) groups excluding carboxylic acids is 2. The third-order valence-corrected chi connectivity index (χ3v) is 3.38. The average Bonchev–Trinajstić information content (AvgIpc) is 2.44. The van der Waals surface area contributed by atoms with E-state index < -0.39 is 23.8 Å². The van der Waals surface area contributed by atoms with Crippen LogP contribution in [-0.4, -0.2) is 37.2 Å². The van der Waals surface area contributed by atoms with Gasteiger partial charge in [0.25, 0.3) is 5.91 Å².